The van der Waals surface area contributed by atoms with Crippen molar-refractivity contribution in [1.29, 1.82) is 0 Å². The molecule has 0 radical (unpaired) electrons. The highest BCUT2D eigenvalue weighted by molar-refractivity contribution is 5.91. The zero-order valence-electron chi connectivity index (χ0n) is 22.7. The third kappa shape index (κ3) is 6.94. The monoisotopic (exact) mass is 552 g/mol. The van der Waals surface area contributed by atoms with E-state index in [0.29, 0.717) is 30.4 Å². The van der Waals surface area contributed by atoms with Gasteiger partial charge in [-0.2, -0.15) is 0 Å². The molecule has 1 N–H and O–H groups in total. The molecule has 1 unspecified atom stereocenters. The first-order chi connectivity index (χ1) is 19.3. The topological polar surface area (TPSA) is 55.8 Å². The lowest BCUT2D eigenvalue weighted by atomic mass is 9.75. The largest absolute Gasteiger partial charge is 0.490 e. The van der Waals surface area contributed by atoms with Gasteiger partial charge in [0, 0.05) is 11.6 Å². The summed E-state index contributed by atoms with van der Waals surface area (Å²) in [6.45, 7) is 5.90. The second-order valence-electron chi connectivity index (χ2n) is 10.3. The van der Waals surface area contributed by atoms with Crippen LogP contribution < -0.4 is 9.47 Å². The molecule has 0 aromatic heterocycles. The molecule has 1 aliphatic carbocycles. The molecule has 0 saturated heterocycles. The Balaban J connectivity index is 1.40. The quantitative estimate of drug-likeness (QED) is 0.112. The molecule has 1 fully saturated rings. The molecule has 0 bridgehead atoms. The van der Waals surface area contributed by atoms with Gasteiger partial charge in [-0.1, -0.05) is 43.7 Å². The highest BCUT2D eigenvalue weighted by Gasteiger charge is 2.29. The fourth-order valence-corrected chi connectivity index (χ4v) is 5.32. The summed E-state index contributed by atoms with van der Waals surface area (Å²) in [5, 5.41) is 10.3. The summed E-state index contributed by atoms with van der Waals surface area (Å²) in [6.07, 6.45) is 6.61. The zero-order chi connectivity index (χ0) is 28.6. The zero-order valence-corrected chi connectivity index (χ0v) is 22.7. The highest BCUT2D eigenvalue weighted by atomic mass is 19.2. The summed E-state index contributed by atoms with van der Waals surface area (Å²) >= 11 is 0. The van der Waals surface area contributed by atoms with E-state index in [1.165, 1.54) is 36.4 Å². The third-order valence-corrected chi connectivity index (χ3v) is 7.58. The molecule has 7 heteroatoms. The number of carbonyl (C=O) groups is 1. The average Bonchev–Trinajstić information content (AvgIpc) is 2.96. The van der Waals surface area contributed by atoms with E-state index in [0.717, 1.165) is 31.7 Å². The van der Waals surface area contributed by atoms with E-state index in [1.54, 1.807) is 18.2 Å². The Morgan fingerprint density at radius 2 is 1.75 bits per heavy atom. The Morgan fingerprint density at radius 1 is 1.02 bits per heavy atom. The van der Waals surface area contributed by atoms with Crippen LogP contribution in [0.4, 0.5) is 13.2 Å². The number of hydrogen-bond donors (Lipinski definition) is 1. The van der Waals surface area contributed by atoms with Crippen LogP contribution >= 0.6 is 0 Å². The molecule has 0 spiro atoms. The molecule has 3 aromatic rings. The predicted molar refractivity (Wildman–Crippen MR) is 149 cm³/mol. The molecule has 4 rings (SSSR count). The summed E-state index contributed by atoms with van der Waals surface area (Å²) in [4.78, 5) is 12.6. The molecule has 40 heavy (non-hydrogen) atoms. The summed E-state index contributed by atoms with van der Waals surface area (Å²) in [5.41, 5.74) is 1.06. The number of esters is 1. The van der Waals surface area contributed by atoms with Crippen LogP contribution in [-0.2, 0) is 0 Å². The van der Waals surface area contributed by atoms with Crippen molar-refractivity contribution in [2.45, 2.75) is 63.9 Å². The van der Waals surface area contributed by atoms with Gasteiger partial charge in [0.1, 0.15) is 5.75 Å². The summed E-state index contributed by atoms with van der Waals surface area (Å²) in [5.74, 6) is -2.95. The van der Waals surface area contributed by atoms with Gasteiger partial charge in [0.2, 0.25) is 0 Å². The van der Waals surface area contributed by atoms with Crippen LogP contribution in [0.3, 0.4) is 0 Å². The van der Waals surface area contributed by atoms with Crippen LogP contribution in [0, 0.1) is 23.4 Å². The van der Waals surface area contributed by atoms with E-state index in [4.69, 9.17) is 9.47 Å². The maximum Gasteiger partial charge on any atom is 0.343 e. The second kappa shape index (κ2) is 13.7. The first-order valence-corrected chi connectivity index (χ1v) is 13.8. The van der Waals surface area contributed by atoms with Crippen LogP contribution in [0.2, 0.25) is 0 Å². The number of aliphatic hydroxyl groups excluding tert-OH is 1. The fourth-order valence-electron chi connectivity index (χ4n) is 5.32. The first kappa shape index (κ1) is 29.4. The average molecular weight is 553 g/mol. The molecule has 0 amide bonds. The smallest absolute Gasteiger partial charge is 0.343 e. The molecule has 1 aliphatic rings. The number of ether oxygens (including phenoxy) is 2. The van der Waals surface area contributed by atoms with Crippen molar-refractivity contribution in [3.63, 3.8) is 0 Å². The molecule has 212 valence electrons. The fraction of sp³-hybridized carbons (Fsp3) is 0.364. The van der Waals surface area contributed by atoms with E-state index in [-0.39, 0.29) is 47.2 Å². The van der Waals surface area contributed by atoms with Crippen molar-refractivity contribution in [2.75, 3.05) is 6.61 Å². The standard InChI is InChI=1S/C33H35F3O4/c1-3-5-19-39-30-18-15-25(20-28(30)34)40-33(38)24-13-9-22(10-14-24)27-17-16-26(31(35)32(27)36)21-7-11-23(12-8-21)29(37)6-4-2/h3,9-10,13-18,20-21,23,29,37H,1,4-8,11-12,19H2,2H3. The molecular weight excluding hydrogens is 517 g/mol. The lowest BCUT2D eigenvalue weighted by molar-refractivity contribution is 0.0725. The summed E-state index contributed by atoms with van der Waals surface area (Å²) < 4.78 is 55.2. The van der Waals surface area contributed by atoms with Gasteiger partial charge >= 0.3 is 5.97 Å². The van der Waals surface area contributed by atoms with Crippen molar-refractivity contribution in [2.24, 2.45) is 5.92 Å². The van der Waals surface area contributed by atoms with Gasteiger partial charge in [-0.25, -0.2) is 18.0 Å². The van der Waals surface area contributed by atoms with E-state index >= 15 is 8.78 Å². The molecular formula is C33H35F3O4. The van der Waals surface area contributed by atoms with Crippen LogP contribution in [-0.4, -0.2) is 23.8 Å². The van der Waals surface area contributed by atoms with Crippen molar-refractivity contribution < 1.29 is 32.5 Å². The minimum atomic E-state index is -0.924. The Labute approximate surface area is 233 Å². The molecule has 1 saturated carbocycles. The van der Waals surface area contributed by atoms with E-state index in [2.05, 4.69) is 6.58 Å². The molecule has 0 heterocycles. The lowest BCUT2D eigenvalue weighted by Crippen LogP contribution is -2.25. The third-order valence-electron chi connectivity index (χ3n) is 7.58. The predicted octanol–water partition coefficient (Wildman–Crippen LogP) is 8.38. The molecule has 3 aromatic carbocycles. The normalized spacial score (nSPS) is 17.7. The van der Waals surface area contributed by atoms with Gasteiger partial charge in [0.05, 0.1) is 18.3 Å². The van der Waals surface area contributed by atoms with Crippen molar-refractivity contribution in [1.82, 2.24) is 0 Å². The van der Waals surface area contributed by atoms with Gasteiger partial charge in [-0.15, -0.1) is 6.58 Å². The number of rotatable bonds is 11. The Hall–Kier alpha value is -3.58. The SMILES string of the molecule is C=CCCOc1ccc(OC(=O)c2ccc(-c3ccc(C4CCC(C(O)CCC)CC4)c(F)c3F)cc2)cc1F. The Kier molecular flexibility index (Phi) is 10.0. The number of aliphatic hydroxyl groups is 1. The molecule has 4 nitrogen and oxygen atoms in total. The molecule has 0 aliphatic heterocycles. The van der Waals surface area contributed by atoms with Crippen molar-refractivity contribution in [3.05, 3.63) is 95.8 Å². The van der Waals surface area contributed by atoms with Crippen molar-refractivity contribution in [3.8, 4) is 22.6 Å². The van der Waals surface area contributed by atoms with Gasteiger partial charge in [0.15, 0.2) is 23.2 Å². The number of benzene rings is 3. The highest BCUT2D eigenvalue weighted by Crippen LogP contribution is 2.40. The number of hydrogen-bond acceptors (Lipinski definition) is 4. The minimum absolute atomic E-state index is 0.0141. The summed E-state index contributed by atoms with van der Waals surface area (Å²) in [7, 11) is 0. The first-order valence-electron chi connectivity index (χ1n) is 13.8. The van der Waals surface area contributed by atoms with Gasteiger partial charge < -0.3 is 14.6 Å². The van der Waals surface area contributed by atoms with Crippen LogP contribution in [0.25, 0.3) is 11.1 Å². The minimum Gasteiger partial charge on any atom is -0.490 e. The van der Waals surface area contributed by atoms with E-state index in [1.807, 2.05) is 6.92 Å². The maximum absolute atomic E-state index is 15.2. The van der Waals surface area contributed by atoms with Crippen LogP contribution in [0.5, 0.6) is 11.5 Å². The van der Waals surface area contributed by atoms with Gasteiger partial charge in [-0.3, -0.25) is 0 Å². The maximum atomic E-state index is 15.2. The van der Waals surface area contributed by atoms with Crippen LogP contribution in [0.15, 0.2) is 67.3 Å². The lowest BCUT2D eigenvalue weighted by Gasteiger charge is -2.32. The summed E-state index contributed by atoms with van der Waals surface area (Å²) in [6, 6.07) is 13.0. The second-order valence-corrected chi connectivity index (χ2v) is 10.3. The van der Waals surface area contributed by atoms with Crippen molar-refractivity contribution >= 4 is 5.97 Å². The number of halogens is 3. The van der Waals surface area contributed by atoms with Crippen LogP contribution in [0.1, 0.15) is 73.7 Å². The van der Waals surface area contributed by atoms with Gasteiger partial charge in [0.25, 0.3) is 0 Å². The Bertz CT molecular complexity index is 1310. The van der Waals surface area contributed by atoms with Gasteiger partial charge in [-0.05, 0) is 85.8 Å². The van der Waals surface area contributed by atoms with E-state index < -0.39 is 23.4 Å². The number of carbonyl (C=O) groups excluding carboxylic acids is 1. The Morgan fingerprint density at radius 3 is 2.40 bits per heavy atom. The molecule has 1 atom stereocenters. The van der Waals surface area contributed by atoms with E-state index in [9.17, 15) is 14.3 Å².